The summed E-state index contributed by atoms with van der Waals surface area (Å²) in [5.74, 6) is 0.641. The molecule has 2 aliphatic rings. The van der Waals surface area contributed by atoms with E-state index in [1.54, 1.807) is 0 Å². The smallest absolute Gasteiger partial charge is 0.150 e. The van der Waals surface area contributed by atoms with Gasteiger partial charge in [0, 0.05) is 18.1 Å². The molecule has 0 aromatic carbocycles. The topological polar surface area (TPSA) is 51.2 Å². The molecule has 0 heterocycles. The number of Topliss-reactive ketones (excluding diaryl/α,β-unsaturated/α-hetero) is 1. The molecule has 0 aromatic rings. The summed E-state index contributed by atoms with van der Waals surface area (Å²) in [5, 5.41) is -0.265. The van der Waals surface area contributed by atoms with Crippen LogP contribution in [0.15, 0.2) is 0 Å². The maximum atomic E-state index is 11.8. The standard InChI is InChI=1S/C11H18O3S/c1-15(13,14)10-4-2-3-9(7-10)11(12)8-5-6-8/h8-10H,2-7H2,1H3. The second-order valence-corrected chi connectivity index (χ2v) is 7.32. The Labute approximate surface area is 91.2 Å². The molecule has 86 valence electrons. The van der Waals surface area contributed by atoms with Crippen molar-refractivity contribution in [2.45, 2.75) is 43.8 Å². The molecule has 2 fully saturated rings. The average molecular weight is 230 g/mol. The largest absolute Gasteiger partial charge is 0.299 e. The molecule has 2 rings (SSSR count). The van der Waals surface area contributed by atoms with E-state index in [9.17, 15) is 13.2 Å². The van der Waals surface area contributed by atoms with Crippen molar-refractivity contribution >= 4 is 15.6 Å². The summed E-state index contributed by atoms with van der Waals surface area (Å²) in [7, 11) is -2.95. The van der Waals surface area contributed by atoms with Crippen molar-refractivity contribution in [3.63, 3.8) is 0 Å². The molecular formula is C11H18O3S. The van der Waals surface area contributed by atoms with E-state index in [2.05, 4.69) is 0 Å². The van der Waals surface area contributed by atoms with Gasteiger partial charge in [-0.1, -0.05) is 6.42 Å². The van der Waals surface area contributed by atoms with Crippen LogP contribution in [0.1, 0.15) is 38.5 Å². The van der Waals surface area contributed by atoms with E-state index < -0.39 is 9.84 Å². The molecule has 0 bridgehead atoms. The van der Waals surface area contributed by atoms with Gasteiger partial charge in [-0.25, -0.2) is 8.42 Å². The second kappa shape index (κ2) is 3.89. The van der Waals surface area contributed by atoms with Crippen LogP contribution in [-0.2, 0) is 14.6 Å². The van der Waals surface area contributed by atoms with Crippen LogP contribution in [0.2, 0.25) is 0 Å². The molecule has 0 N–H and O–H groups in total. The quantitative estimate of drug-likeness (QED) is 0.739. The van der Waals surface area contributed by atoms with Crippen molar-refractivity contribution in [3.8, 4) is 0 Å². The fourth-order valence-electron chi connectivity index (χ4n) is 2.49. The van der Waals surface area contributed by atoms with E-state index in [1.807, 2.05) is 0 Å². The molecule has 3 nitrogen and oxygen atoms in total. The number of hydrogen-bond acceptors (Lipinski definition) is 3. The van der Waals surface area contributed by atoms with Crippen LogP contribution >= 0.6 is 0 Å². The number of hydrogen-bond donors (Lipinski definition) is 0. The first-order valence-corrected chi connectivity index (χ1v) is 7.66. The minimum atomic E-state index is -2.95. The summed E-state index contributed by atoms with van der Waals surface area (Å²) in [6.45, 7) is 0. The van der Waals surface area contributed by atoms with Crippen LogP contribution in [0, 0.1) is 11.8 Å². The Morgan fingerprint density at radius 1 is 1.07 bits per heavy atom. The van der Waals surface area contributed by atoms with Crippen molar-refractivity contribution in [2.24, 2.45) is 11.8 Å². The zero-order chi connectivity index (χ0) is 11.1. The first kappa shape index (κ1) is 11.1. The molecule has 2 saturated carbocycles. The predicted octanol–water partition coefficient (Wildman–Crippen LogP) is 1.57. The van der Waals surface area contributed by atoms with Gasteiger partial charge >= 0.3 is 0 Å². The van der Waals surface area contributed by atoms with Gasteiger partial charge in [-0.3, -0.25) is 4.79 Å². The number of carbonyl (C=O) groups is 1. The summed E-state index contributed by atoms with van der Waals surface area (Å²) in [4.78, 5) is 11.8. The minimum Gasteiger partial charge on any atom is -0.299 e. The lowest BCUT2D eigenvalue weighted by molar-refractivity contribution is -0.124. The van der Waals surface area contributed by atoms with E-state index in [-0.39, 0.29) is 17.1 Å². The number of ketones is 1. The molecule has 2 aliphatic carbocycles. The zero-order valence-electron chi connectivity index (χ0n) is 9.11. The van der Waals surface area contributed by atoms with Crippen LogP contribution in [-0.4, -0.2) is 25.7 Å². The van der Waals surface area contributed by atoms with Crippen LogP contribution in [0.4, 0.5) is 0 Å². The first-order chi connectivity index (χ1) is 6.98. The highest BCUT2D eigenvalue weighted by atomic mass is 32.2. The molecular weight excluding hydrogens is 212 g/mol. The van der Waals surface area contributed by atoms with E-state index in [0.29, 0.717) is 12.2 Å². The van der Waals surface area contributed by atoms with E-state index >= 15 is 0 Å². The van der Waals surface area contributed by atoms with Gasteiger partial charge in [0.1, 0.15) is 15.6 Å². The molecule has 4 heteroatoms. The summed E-state index contributed by atoms with van der Waals surface area (Å²) in [5.41, 5.74) is 0. The second-order valence-electron chi connectivity index (χ2n) is 4.99. The number of carbonyl (C=O) groups excluding carboxylic acids is 1. The van der Waals surface area contributed by atoms with Gasteiger partial charge in [-0.15, -0.1) is 0 Å². The van der Waals surface area contributed by atoms with Crippen LogP contribution in [0.25, 0.3) is 0 Å². The third-order valence-electron chi connectivity index (χ3n) is 3.61. The number of rotatable bonds is 3. The molecule has 0 spiro atoms. The van der Waals surface area contributed by atoms with Crippen molar-refractivity contribution in [1.29, 1.82) is 0 Å². The molecule has 15 heavy (non-hydrogen) atoms. The summed E-state index contributed by atoms with van der Waals surface area (Å²) in [6.07, 6.45) is 6.46. The minimum absolute atomic E-state index is 0.0333. The Balaban J connectivity index is 2.00. The van der Waals surface area contributed by atoms with E-state index in [0.717, 1.165) is 32.1 Å². The Kier molecular flexibility index (Phi) is 2.88. The summed E-state index contributed by atoms with van der Waals surface area (Å²) < 4.78 is 22.9. The van der Waals surface area contributed by atoms with Gasteiger partial charge in [0.2, 0.25) is 0 Å². The molecule has 0 amide bonds. The third kappa shape index (κ3) is 2.60. The van der Waals surface area contributed by atoms with Gasteiger partial charge in [0.05, 0.1) is 5.25 Å². The van der Waals surface area contributed by atoms with Crippen molar-refractivity contribution in [3.05, 3.63) is 0 Å². The molecule has 2 unspecified atom stereocenters. The molecule has 2 atom stereocenters. The maximum absolute atomic E-state index is 11.8. The summed E-state index contributed by atoms with van der Waals surface area (Å²) >= 11 is 0. The van der Waals surface area contributed by atoms with E-state index in [4.69, 9.17) is 0 Å². The average Bonchev–Trinajstić information content (AvgIpc) is 2.99. The van der Waals surface area contributed by atoms with Crippen molar-refractivity contribution in [2.75, 3.05) is 6.26 Å². The molecule has 0 radical (unpaired) electrons. The fourth-order valence-corrected chi connectivity index (χ4v) is 3.67. The first-order valence-electron chi connectivity index (χ1n) is 5.71. The molecule has 0 aromatic heterocycles. The highest BCUT2D eigenvalue weighted by Crippen LogP contribution is 2.38. The van der Waals surface area contributed by atoms with Gasteiger partial charge in [0.25, 0.3) is 0 Å². The molecule has 0 aliphatic heterocycles. The SMILES string of the molecule is CS(=O)(=O)C1CCCC(C(=O)C2CC2)C1. The van der Waals surface area contributed by atoms with Crippen LogP contribution in [0.3, 0.4) is 0 Å². The van der Waals surface area contributed by atoms with Crippen LogP contribution < -0.4 is 0 Å². The highest BCUT2D eigenvalue weighted by Gasteiger charge is 2.38. The number of sulfone groups is 1. The lowest BCUT2D eigenvalue weighted by Gasteiger charge is -2.26. The summed E-state index contributed by atoms with van der Waals surface area (Å²) in [6, 6.07) is 0. The Morgan fingerprint density at radius 3 is 2.27 bits per heavy atom. The fraction of sp³-hybridized carbons (Fsp3) is 0.909. The lowest BCUT2D eigenvalue weighted by atomic mass is 9.84. The maximum Gasteiger partial charge on any atom is 0.150 e. The van der Waals surface area contributed by atoms with Crippen molar-refractivity contribution < 1.29 is 13.2 Å². The van der Waals surface area contributed by atoms with Crippen molar-refractivity contribution in [1.82, 2.24) is 0 Å². The Hall–Kier alpha value is -0.380. The van der Waals surface area contributed by atoms with Gasteiger partial charge < -0.3 is 0 Å². The lowest BCUT2D eigenvalue weighted by Crippen LogP contribution is -2.31. The third-order valence-corrected chi connectivity index (χ3v) is 5.25. The normalized spacial score (nSPS) is 32.6. The van der Waals surface area contributed by atoms with Gasteiger partial charge in [0.15, 0.2) is 0 Å². The Morgan fingerprint density at radius 2 is 1.73 bits per heavy atom. The highest BCUT2D eigenvalue weighted by molar-refractivity contribution is 7.91. The zero-order valence-corrected chi connectivity index (χ0v) is 9.92. The molecule has 0 saturated heterocycles. The van der Waals surface area contributed by atoms with Gasteiger partial charge in [-0.2, -0.15) is 0 Å². The van der Waals surface area contributed by atoms with E-state index in [1.165, 1.54) is 6.26 Å². The predicted molar refractivity (Wildman–Crippen MR) is 58.3 cm³/mol. The van der Waals surface area contributed by atoms with Crippen LogP contribution in [0.5, 0.6) is 0 Å². The Bertz CT molecular complexity index is 354. The monoisotopic (exact) mass is 230 g/mol. The van der Waals surface area contributed by atoms with Gasteiger partial charge in [-0.05, 0) is 32.1 Å².